The van der Waals surface area contributed by atoms with Crippen molar-refractivity contribution in [2.75, 3.05) is 26.8 Å². The molecule has 1 heterocycles. The Morgan fingerprint density at radius 3 is 2.45 bits per heavy atom. The number of hydrogen-bond acceptors (Lipinski definition) is 5. The molecule has 1 aliphatic carbocycles. The van der Waals surface area contributed by atoms with E-state index in [1.807, 2.05) is 42.5 Å². The second kappa shape index (κ2) is 9.65. The number of rotatable bonds is 9. The van der Waals surface area contributed by atoms with Gasteiger partial charge in [0.15, 0.2) is 5.78 Å². The maximum absolute atomic E-state index is 13.3. The summed E-state index contributed by atoms with van der Waals surface area (Å²) in [5.41, 5.74) is 1.64. The SMILES string of the molecule is COC(=O)c1ccc(C2(CC(=O)[C@H]3CCCCN3CCOc3ccccc3)CC2)cc1. The van der Waals surface area contributed by atoms with E-state index < -0.39 is 0 Å². The van der Waals surface area contributed by atoms with Gasteiger partial charge in [-0.1, -0.05) is 36.8 Å². The summed E-state index contributed by atoms with van der Waals surface area (Å²) in [6.45, 7) is 2.31. The predicted octanol–water partition coefficient (Wildman–Crippen LogP) is 4.40. The Bertz CT molecular complexity index is 889. The Morgan fingerprint density at radius 2 is 1.77 bits per heavy atom. The van der Waals surface area contributed by atoms with E-state index in [2.05, 4.69) is 4.90 Å². The average molecular weight is 422 g/mol. The third kappa shape index (κ3) is 5.16. The number of carbonyl (C=O) groups is 2. The predicted molar refractivity (Wildman–Crippen MR) is 119 cm³/mol. The fourth-order valence-electron chi connectivity index (χ4n) is 4.67. The number of piperidine rings is 1. The maximum atomic E-state index is 13.3. The molecule has 0 N–H and O–H groups in total. The molecule has 2 aliphatic rings. The Hall–Kier alpha value is -2.66. The molecule has 5 nitrogen and oxygen atoms in total. The smallest absolute Gasteiger partial charge is 0.337 e. The normalized spacial score (nSPS) is 20.1. The summed E-state index contributed by atoms with van der Waals surface area (Å²) in [4.78, 5) is 27.3. The third-order valence-corrected chi connectivity index (χ3v) is 6.66. The quantitative estimate of drug-likeness (QED) is 0.562. The number of Topliss-reactive ketones (excluding diaryl/α,β-unsaturated/α-hetero) is 1. The summed E-state index contributed by atoms with van der Waals surface area (Å²) in [5, 5.41) is 0. The second-order valence-electron chi connectivity index (χ2n) is 8.70. The molecule has 0 aromatic heterocycles. The van der Waals surface area contributed by atoms with Crippen LogP contribution in [0.4, 0.5) is 0 Å². The summed E-state index contributed by atoms with van der Waals surface area (Å²) in [5.74, 6) is 0.881. The lowest BCUT2D eigenvalue weighted by Gasteiger charge is -2.35. The van der Waals surface area contributed by atoms with Crippen LogP contribution in [0.3, 0.4) is 0 Å². The van der Waals surface area contributed by atoms with Crippen LogP contribution in [0.15, 0.2) is 54.6 Å². The van der Waals surface area contributed by atoms with E-state index in [9.17, 15) is 9.59 Å². The molecule has 0 bridgehead atoms. The first-order valence-electron chi connectivity index (χ1n) is 11.2. The summed E-state index contributed by atoms with van der Waals surface area (Å²) < 4.78 is 10.7. The Balaban J connectivity index is 1.36. The van der Waals surface area contributed by atoms with Gasteiger partial charge in [0.25, 0.3) is 0 Å². The molecule has 1 saturated heterocycles. The van der Waals surface area contributed by atoms with E-state index in [1.54, 1.807) is 12.1 Å². The standard InChI is InChI=1S/C26H31NO4/c1-30-25(29)20-10-12-21(13-11-20)26(14-15-26)19-24(28)23-9-5-6-16-27(23)17-18-31-22-7-3-2-4-8-22/h2-4,7-8,10-13,23H,5-6,9,14-19H2,1H3/t23-/m1/s1. The van der Waals surface area contributed by atoms with Crippen LogP contribution >= 0.6 is 0 Å². The Morgan fingerprint density at radius 1 is 1.03 bits per heavy atom. The number of methoxy groups -OCH3 is 1. The second-order valence-corrected chi connectivity index (χ2v) is 8.70. The highest BCUT2D eigenvalue weighted by Crippen LogP contribution is 2.51. The number of ketones is 1. The highest BCUT2D eigenvalue weighted by Gasteiger charge is 2.47. The van der Waals surface area contributed by atoms with Crippen molar-refractivity contribution in [3.63, 3.8) is 0 Å². The van der Waals surface area contributed by atoms with Crippen LogP contribution in [0.5, 0.6) is 5.75 Å². The van der Waals surface area contributed by atoms with E-state index in [0.717, 1.165) is 56.5 Å². The van der Waals surface area contributed by atoms with Crippen LogP contribution in [-0.2, 0) is 14.9 Å². The van der Waals surface area contributed by atoms with Crippen molar-refractivity contribution in [2.24, 2.45) is 0 Å². The molecule has 0 spiro atoms. The molecule has 2 aromatic rings. The van der Waals surface area contributed by atoms with Gasteiger partial charge in [-0.05, 0) is 62.1 Å². The van der Waals surface area contributed by atoms with Crippen molar-refractivity contribution in [3.8, 4) is 5.75 Å². The minimum absolute atomic E-state index is 0.0139. The number of likely N-dealkylation sites (tertiary alicyclic amines) is 1. The molecule has 31 heavy (non-hydrogen) atoms. The number of hydrogen-bond donors (Lipinski definition) is 0. The van der Waals surface area contributed by atoms with Crippen molar-refractivity contribution in [2.45, 2.75) is 50.0 Å². The van der Waals surface area contributed by atoms with Crippen LogP contribution in [0.25, 0.3) is 0 Å². The van der Waals surface area contributed by atoms with Crippen molar-refractivity contribution in [3.05, 3.63) is 65.7 Å². The number of nitrogens with zero attached hydrogens (tertiary/aromatic N) is 1. The maximum Gasteiger partial charge on any atom is 0.337 e. The molecule has 5 heteroatoms. The highest BCUT2D eigenvalue weighted by atomic mass is 16.5. The third-order valence-electron chi connectivity index (χ3n) is 6.66. The van der Waals surface area contributed by atoms with Crippen molar-refractivity contribution < 1.29 is 19.1 Å². The van der Waals surface area contributed by atoms with E-state index in [0.29, 0.717) is 24.4 Å². The number of ether oxygens (including phenoxy) is 2. The van der Waals surface area contributed by atoms with Crippen molar-refractivity contribution >= 4 is 11.8 Å². The molecule has 1 atom stereocenters. The van der Waals surface area contributed by atoms with Crippen molar-refractivity contribution in [1.82, 2.24) is 4.90 Å². The van der Waals surface area contributed by atoms with Crippen LogP contribution in [0.1, 0.15) is 54.4 Å². The first-order valence-corrected chi connectivity index (χ1v) is 11.2. The zero-order valence-corrected chi connectivity index (χ0v) is 18.2. The minimum atomic E-state index is -0.331. The van der Waals surface area contributed by atoms with Gasteiger partial charge in [0.05, 0.1) is 18.7 Å². The first kappa shape index (κ1) is 21.6. The molecular weight excluding hydrogens is 390 g/mol. The van der Waals surface area contributed by atoms with E-state index in [-0.39, 0.29) is 17.4 Å². The van der Waals surface area contributed by atoms with Crippen LogP contribution < -0.4 is 4.74 Å². The van der Waals surface area contributed by atoms with Gasteiger partial charge in [0.2, 0.25) is 0 Å². The van der Waals surface area contributed by atoms with Crippen LogP contribution in [0, 0.1) is 0 Å². The Kier molecular flexibility index (Phi) is 6.71. The van der Waals surface area contributed by atoms with Gasteiger partial charge < -0.3 is 9.47 Å². The first-order chi connectivity index (χ1) is 15.1. The summed E-state index contributed by atoms with van der Waals surface area (Å²) in [6, 6.07) is 17.4. The lowest BCUT2D eigenvalue weighted by molar-refractivity contribution is -0.126. The van der Waals surface area contributed by atoms with Gasteiger partial charge in [0.1, 0.15) is 12.4 Å². The van der Waals surface area contributed by atoms with Gasteiger partial charge >= 0.3 is 5.97 Å². The number of para-hydroxylation sites is 1. The molecule has 0 unspecified atom stereocenters. The fourth-order valence-corrected chi connectivity index (χ4v) is 4.67. The molecular formula is C26H31NO4. The molecule has 0 radical (unpaired) electrons. The van der Waals surface area contributed by atoms with Gasteiger partial charge in [-0.3, -0.25) is 9.69 Å². The lowest BCUT2D eigenvalue weighted by Crippen LogP contribution is -2.47. The number of carbonyl (C=O) groups excluding carboxylic acids is 2. The molecule has 0 amide bonds. The monoisotopic (exact) mass is 421 g/mol. The van der Waals surface area contributed by atoms with Crippen LogP contribution in [0.2, 0.25) is 0 Å². The molecule has 164 valence electrons. The molecule has 4 rings (SSSR count). The zero-order valence-electron chi connectivity index (χ0n) is 18.2. The molecule has 1 saturated carbocycles. The number of esters is 1. The summed E-state index contributed by atoms with van der Waals surface area (Å²) >= 11 is 0. The van der Waals surface area contributed by atoms with Gasteiger partial charge in [-0.2, -0.15) is 0 Å². The average Bonchev–Trinajstić information content (AvgIpc) is 3.60. The summed E-state index contributed by atoms with van der Waals surface area (Å²) in [6.07, 6.45) is 5.80. The topological polar surface area (TPSA) is 55.8 Å². The van der Waals surface area contributed by atoms with E-state index >= 15 is 0 Å². The van der Waals surface area contributed by atoms with Gasteiger partial charge in [-0.25, -0.2) is 4.79 Å². The largest absolute Gasteiger partial charge is 0.492 e. The lowest BCUT2D eigenvalue weighted by atomic mass is 9.86. The van der Waals surface area contributed by atoms with Gasteiger partial charge in [-0.15, -0.1) is 0 Å². The zero-order chi connectivity index (χ0) is 21.7. The highest BCUT2D eigenvalue weighted by molar-refractivity contribution is 5.89. The van der Waals surface area contributed by atoms with Crippen molar-refractivity contribution in [1.29, 1.82) is 0 Å². The molecule has 2 fully saturated rings. The summed E-state index contributed by atoms with van der Waals surface area (Å²) in [7, 11) is 1.39. The minimum Gasteiger partial charge on any atom is -0.492 e. The van der Waals surface area contributed by atoms with Gasteiger partial charge in [0, 0.05) is 18.4 Å². The Labute approximate surface area is 184 Å². The molecule has 2 aromatic carbocycles. The molecule has 1 aliphatic heterocycles. The fraction of sp³-hybridized carbons (Fsp3) is 0.462. The van der Waals surface area contributed by atoms with E-state index in [1.165, 1.54) is 7.11 Å². The number of benzene rings is 2. The van der Waals surface area contributed by atoms with Crippen LogP contribution in [-0.4, -0.2) is 49.5 Å². The van der Waals surface area contributed by atoms with E-state index in [4.69, 9.17) is 9.47 Å².